The predicted molar refractivity (Wildman–Crippen MR) is 141 cm³/mol. The molecule has 10 nitrogen and oxygen atoms in total. The predicted octanol–water partition coefficient (Wildman–Crippen LogP) is 3.30. The number of nitrogens with one attached hydrogen (secondary N) is 3. The fourth-order valence-corrected chi connectivity index (χ4v) is 6.73. The summed E-state index contributed by atoms with van der Waals surface area (Å²) in [4.78, 5) is 2.07. The van der Waals surface area contributed by atoms with Gasteiger partial charge in [-0.1, -0.05) is 6.92 Å². The van der Waals surface area contributed by atoms with E-state index in [0.29, 0.717) is 11.0 Å². The third kappa shape index (κ3) is 4.69. The molecule has 1 saturated heterocycles. The molecule has 2 unspecified atom stereocenters. The maximum absolute atomic E-state index is 14.9. The summed E-state index contributed by atoms with van der Waals surface area (Å²) in [6.07, 6.45) is 2.22. The third-order valence-corrected chi connectivity index (χ3v) is 9.58. The molecule has 5 rings (SSSR count). The van der Waals surface area contributed by atoms with E-state index in [1.165, 1.54) is 13.1 Å². The van der Waals surface area contributed by atoms with Crippen LogP contribution in [0.1, 0.15) is 50.5 Å². The highest BCUT2D eigenvalue weighted by Crippen LogP contribution is 2.51. The molecule has 12 heteroatoms. The van der Waals surface area contributed by atoms with Crippen molar-refractivity contribution in [1.29, 1.82) is 5.26 Å². The van der Waals surface area contributed by atoms with Crippen LogP contribution in [0.15, 0.2) is 30.3 Å². The zero-order chi connectivity index (χ0) is 27.2. The summed E-state index contributed by atoms with van der Waals surface area (Å²) in [6, 6.07) is 9.31. The lowest BCUT2D eigenvalue weighted by molar-refractivity contribution is -0.105. The van der Waals surface area contributed by atoms with Gasteiger partial charge in [0, 0.05) is 37.4 Å². The molecule has 1 aliphatic carbocycles. The minimum absolute atomic E-state index is 0.0745. The number of fused-ring (bicyclic) bond motifs is 1. The van der Waals surface area contributed by atoms with Gasteiger partial charge in [-0.25, -0.2) is 4.39 Å². The van der Waals surface area contributed by atoms with Crippen molar-refractivity contribution >= 4 is 21.6 Å². The Morgan fingerprint density at radius 1 is 1.34 bits per heavy atom. The molecule has 1 saturated carbocycles. The number of hydrogen-bond acceptors (Lipinski definition) is 8. The molecule has 4 N–H and O–H groups in total. The number of anilines is 2. The van der Waals surface area contributed by atoms with E-state index in [2.05, 4.69) is 20.3 Å². The standard InChI is InChI=1S/C26H33FN6O4S/c1-4-32(3)38(35,36)31-23-8-6-21(27)24(20(23)14-28)37-18-5-7-22-19(11-18)25(34)33(16(2)30-22)17-12-26(13-17)9-10-29-15-26/h5-8,11,16-17,25,29-31,34H,4,9-10,12-13,15H2,1-3H3. The Hall–Kier alpha value is -2.95. The molecule has 2 atom stereocenters. The van der Waals surface area contributed by atoms with Gasteiger partial charge in [0.1, 0.15) is 23.6 Å². The average Bonchev–Trinajstić information content (AvgIpc) is 3.36. The van der Waals surface area contributed by atoms with Crippen LogP contribution in [0.5, 0.6) is 11.5 Å². The Bertz CT molecular complexity index is 1370. The van der Waals surface area contributed by atoms with Crippen molar-refractivity contribution in [2.75, 3.05) is 36.7 Å². The Kier molecular flexibility index (Phi) is 7.00. The largest absolute Gasteiger partial charge is 0.453 e. The molecule has 0 bridgehead atoms. The van der Waals surface area contributed by atoms with E-state index in [4.69, 9.17) is 4.74 Å². The van der Waals surface area contributed by atoms with Crippen molar-refractivity contribution in [1.82, 2.24) is 14.5 Å². The molecule has 1 spiro atoms. The Labute approximate surface area is 222 Å². The van der Waals surface area contributed by atoms with Crippen molar-refractivity contribution in [3.05, 3.63) is 47.3 Å². The number of rotatable bonds is 7. The molecule has 2 aromatic carbocycles. The van der Waals surface area contributed by atoms with E-state index in [1.54, 1.807) is 25.1 Å². The van der Waals surface area contributed by atoms with Crippen LogP contribution in [0.25, 0.3) is 0 Å². The van der Waals surface area contributed by atoms with Crippen molar-refractivity contribution in [2.24, 2.45) is 5.41 Å². The molecule has 2 aromatic rings. The number of benzene rings is 2. The molecule has 0 radical (unpaired) electrons. The maximum atomic E-state index is 14.9. The van der Waals surface area contributed by atoms with Gasteiger partial charge in [-0.3, -0.25) is 9.62 Å². The number of nitrogens with zero attached hydrogens (tertiary/aromatic N) is 3. The molecule has 38 heavy (non-hydrogen) atoms. The fraction of sp³-hybridized carbons (Fsp3) is 0.500. The van der Waals surface area contributed by atoms with E-state index in [1.807, 2.05) is 13.0 Å². The van der Waals surface area contributed by atoms with E-state index in [9.17, 15) is 23.2 Å². The SMILES string of the molecule is CCN(C)S(=O)(=O)Nc1ccc(F)c(Oc2ccc3c(c2)C(O)N(C2CC4(CCNC4)C2)C(C)N3)c1C#N. The number of ether oxygens (including phenoxy) is 1. The normalized spacial score (nSPS) is 26.9. The van der Waals surface area contributed by atoms with Gasteiger partial charge in [0.15, 0.2) is 11.6 Å². The van der Waals surface area contributed by atoms with Gasteiger partial charge in [0.05, 0.1) is 11.9 Å². The first-order valence-corrected chi connectivity index (χ1v) is 14.2. The van der Waals surface area contributed by atoms with Crippen LogP contribution in [0.2, 0.25) is 0 Å². The Morgan fingerprint density at radius 2 is 2.11 bits per heavy atom. The van der Waals surface area contributed by atoms with Crippen LogP contribution in [0, 0.1) is 22.6 Å². The van der Waals surface area contributed by atoms with E-state index < -0.39 is 28.0 Å². The van der Waals surface area contributed by atoms with Gasteiger partial charge in [0.2, 0.25) is 0 Å². The molecule has 204 valence electrons. The highest BCUT2D eigenvalue weighted by atomic mass is 32.2. The molecule has 0 amide bonds. The van der Waals surface area contributed by atoms with Crippen LogP contribution >= 0.6 is 0 Å². The lowest BCUT2D eigenvalue weighted by atomic mass is 9.64. The second-order valence-electron chi connectivity index (χ2n) is 10.4. The minimum Gasteiger partial charge on any atom is -0.453 e. The van der Waals surface area contributed by atoms with Crippen LogP contribution in [0.3, 0.4) is 0 Å². The molecular formula is C26H33FN6O4S. The van der Waals surface area contributed by atoms with Crippen LogP contribution < -0.4 is 20.1 Å². The molecule has 2 aliphatic heterocycles. The van der Waals surface area contributed by atoms with Crippen molar-refractivity contribution in [3.8, 4) is 17.6 Å². The summed E-state index contributed by atoms with van der Waals surface area (Å²) in [5, 5.41) is 28.0. The van der Waals surface area contributed by atoms with Gasteiger partial charge in [-0.15, -0.1) is 0 Å². The topological polar surface area (TPSA) is 130 Å². The average molecular weight is 545 g/mol. The van der Waals surface area contributed by atoms with Gasteiger partial charge in [-0.05, 0) is 68.5 Å². The fourth-order valence-electron chi connectivity index (χ4n) is 5.79. The number of nitriles is 1. The third-order valence-electron chi connectivity index (χ3n) is 8.02. The number of halogens is 1. The second-order valence-corrected chi connectivity index (χ2v) is 12.2. The summed E-state index contributed by atoms with van der Waals surface area (Å²) in [6.45, 7) is 5.94. The first-order valence-electron chi connectivity index (χ1n) is 12.8. The summed E-state index contributed by atoms with van der Waals surface area (Å²) >= 11 is 0. The minimum atomic E-state index is -3.94. The zero-order valence-electron chi connectivity index (χ0n) is 21.7. The quantitative estimate of drug-likeness (QED) is 0.418. The number of aliphatic hydroxyl groups is 1. The van der Waals surface area contributed by atoms with Crippen molar-refractivity contribution in [3.63, 3.8) is 0 Å². The van der Waals surface area contributed by atoms with Crippen LogP contribution in [-0.2, 0) is 10.2 Å². The van der Waals surface area contributed by atoms with E-state index >= 15 is 0 Å². The monoisotopic (exact) mass is 544 g/mol. The van der Waals surface area contributed by atoms with Crippen LogP contribution in [-0.4, -0.2) is 61.6 Å². The smallest absolute Gasteiger partial charge is 0.301 e. The molecule has 2 heterocycles. The van der Waals surface area contributed by atoms with E-state index in [0.717, 1.165) is 48.4 Å². The summed E-state index contributed by atoms with van der Waals surface area (Å²) in [5.74, 6) is -1.000. The van der Waals surface area contributed by atoms with Crippen LogP contribution in [0.4, 0.5) is 15.8 Å². The first-order chi connectivity index (χ1) is 18.1. The summed E-state index contributed by atoms with van der Waals surface area (Å²) < 4.78 is 49.1. The Balaban J connectivity index is 1.40. The molecule has 3 aliphatic rings. The van der Waals surface area contributed by atoms with Crippen molar-refractivity contribution < 1.29 is 22.7 Å². The summed E-state index contributed by atoms with van der Waals surface area (Å²) in [5.41, 5.74) is 1.28. The number of hydrogen-bond donors (Lipinski definition) is 4. The first kappa shape index (κ1) is 26.6. The lowest BCUT2D eigenvalue weighted by Crippen LogP contribution is -2.58. The maximum Gasteiger partial charge on any atom is 0.301 e. The number of aliphatic hydroxyl groups excluding tert-OH is 1. The van der Waals surface area contributed by atoms with Gasteiger partial charge >= 0.3 is 10.2 Å². The Morgan fingerprint density at radius 3 is 2.76 bits per heavy atom. The van der Waals surface area contributed by atoms with Gasteiger partial charge < -0.3 is 20.5 Å². The van der Waals surface area contributed by atoms with Gasteiger partial charge in [0.25, 0.3) is 0 Å². The van der Waals surface area contributed by atoms with Crippen molar-refractivity contribution in [2.45, 2.75) is 51.5 Å². The summed E-state index contributed by atoms with van der Waals surface area (Å²) in [7, 11) is -2.55. The highest BCUT2D eigenvalue weighted by Gasteiger charge is 2.51. The van der Waals surface area contributed by atoms with Gasteiger partial charge in [-0.2, -0.15) is 18.0 Å². The second kappa shape index (κ2) is 9.98. The molecular weight excluding hydrogens is 511 g/mol. The zero-order valence-corrected chi connectivity index (χ0v) is 22.5. The highest BCUT2D eigenvalue weighted by molar-refractivity contribution is 7.90. The molecule has 2 fully saturated rings. The lowest BCUT2D eigenvalue weighted by Gasteiger charge is -2.54. The molecule has 0 aromatic heterocycles. The van der Waals surface area contributed by atoms with E-state index in [-0.39, 0.29) is 35.8 Å².